The van der Waals surface area contributed by atoms with E-state index in [0.29, 0.717) is 12.8 Å². The highest BCUT2D eigenvalue weighted by Crippen LogP contribution is 2.38. The van der Waals surface area contributed by atoms with Gasteiger partial charge in [0.2, 0.25) is 5.91 Å². The maximum Gasteiger partial charge on any atom is 0.329 e. The van der Waals surface area contributed by atoms with E-state index in [2.05, 4.69) is 5.32 Å². The number of rotatable bonds is 3. The SMILES string of the molecule is CC1(C(=O)NC2(C(=O)O)CCC2)CCCCC1. The molecule has 0 aliphatic heterocycles. The average Bonchev–Trinajstić information content (AvgIpc) is 2.23. The average molecular weight is 239 g/mol. The Morgan fingerprint density at radius 1 is 1.00 bits per heavy atom. The summed E-state index contributed by atoms with van der Waals surface area (Å²) in [7, 11) is 0. The fraction of sp³-hybridized carbons (Fsp3) is 0.846. The topological polar surface area (TPSA) is 66.4 Å². The van der Waals surface area contributed by atoms with Crippen LogP contribution in [-0.4, -0.2) is 22.5 Å². The summed E-state index contributed by atoms with van der Waals surface area (Å²) in [6.07, 6.45) is 7.14. The Labute approximate surface area is 102 Å². The maximum atomic E-state index is 12.3. The van der Waals surface area contributed by atoms with Gasteiger partial charge in [-0.25, -0.2) is 4.79 Å². The van der Waals surface area contributed by atoms with Crippen LogP contribution in [0.4, 0.5) is 0 Å². The Balaban J connectivity index is 2.02. The molecule has 0 aromatic heterocycles. The first-order valence-corrected chi connectivity index (χ1v) is 6.55. The van der Waals surface area contributed by atoms with E-state index in [4.69, 9.17) is 0 Å². The molecule has 2 fully saturated rings. The molecule has 2 aliphatic carbocycles. The van der Waals surface area contributed by atoms with E-state index >= 15 is 0 Å². The largest absolute Gasteiger partial charge is 0.480 e. The second kappa shape index (κ2) is 4.31. The summed E-state index contributed by atoms with van der Waals surface area (Å²) < 4.78 is 0. The van der Waals surface area contributed by atoms with Crippen molar-refractivity contribution in [3.63, 3.8) is 0 Å². The van der Waals surface area contributed by atoms with Crippen LogP contribution in [0, 0.1) is 5.41 Å². The van der Waals surface area contributed by atoms with E-state index in [1.165, 1.54) is 6.42 Å². The lowest BCUT2D eigenvalue weighted by Crippen LogP contribution is -2.61. The first-order chi connectivity index (χ1) is 7.99. The molecular weight excluding hydrogens is 218 g/mol. The van der Waals surface area contributed by atoms with Crippen molar-refractivity contribution in [1.29, 1.82) is 0 Å². The summed E-state index contributed by atoms with van der Waals surface area (Å²) in [6, 6.07) is 0. The molecule has 0 atom stereocenters. The van der Waals surface area contributed by atoms with Crippen LogP contribution in [0.25, 0.3) is 0 Å². The summed E-state index contributed by atoms with van der Waals surface area (Å²) in [6.45, 7) is 1.97. The number of aliphatic carboxylic acids is 1. The number of amides is 1. The zero-order chi connectivity index (χ0) is 12.5. The Morgan fingerprint density at radius 2 is 1.59 bits per heavy atom. The lowest BCUT2D eigenvalue weighted by atomic mass is 9.72. The second-order valence-corrected chi connectivity index (χ2v) is 5.82. The van der Waals surface area contributed by atoms with Crippen LogP contribution in [0.1, 0.15) is 58.3 Å². The summed E-state index contributed by atoms with van der Waals surface area (Å²) in [4.78, 5) is 23.5. The smallest absolute Gasteiger partial charge is 0.329 e. The van der Waals surface area contributed by atoms with Gasteiger partial charge in [-0.15, -0.1) is 0 Å². The molecule has 0 aromatic rings. The van der Waals surface area contributed by atoms with E-state index in [-0.39, 0.29) is 11.3 Å². The molecule has 1 amide bonds. The lowest BCUT2D eigenvalue weighted by Gasteiger charge is -2.42. The van der Waals surface area contributed by atoms with Gasteiger partial charge in [0.05, 0.1) is 0 Å². The van der Waals surface area contributed by atoms with Gasteiger partial charge in [0.25, 0.3) is 0 Å². The minimum absolute atomic E-state index is 0.0562. The highest BCUT2D eigenvalue weighted by molar-refractivity contribution is 5.90. The molecule has 0 bridgehead atoms. The van der Waals surface area contributed by atoms with Gasteiger partial charge in [0, 0.05) is 5.41 Å². The molecule has 0 radical (unpaired) electrons. The van der Waals surface area contributed by atoms with Crippen molar-refractivity contribution in [1.82, 2.24) is 5.32 Å². The number of nitrogens with one attached hydrogen (secondary N) is 1. The Morgan fingerprint density at radius 3 is 2.00 bits per heavy atom. The van der Waals surface area contributed by atoms with Crippen LogP contribution in [0.3, 0.4) is 0 Å². The Hall–Kier alpha value is -1.06. The monoisotopic (exact) mass is 239 g/mol. The fourth-order valence-electron chi connectivity index (χ4n) is 2.85. The van der Waals surface area contributed by atoms with Gasteiger partial charge in [-0.1, -0.05) is 26.2 Å². The van der Waals surface area contributed by atoms with Crippen molar-refractivity contribution in [3.8, 4) is 0 Å². The van der Waals surface area contributed by atoms with Crippen molar-refractivity contribution in [2.45, 2.75) is 63.8 Å². The highest BCUT2D eigenvalue weighted by Gasteiger charge is 2.48. The number of hydrogen-bond donors (Lipinski definition) is 2. The first-order valence-electron chi connectivity index (χ1n) is 6.55. The first kappa shape index (κ1) is 12.4. The summed E-state index contributed by atoms with van der Waals surface area (Å²) >= 11 is 0. The lowest BCUT2D eigenvalue weighted by molar-refractivity contribution is -0.154. The van der Waals surface area contributed by atoms with Crippen LogP contribution in [0.5, 0.6) is 0 Å². The second-order valence-electron chi connectivity index (χ2n) is 5.82. The highest BCUT2D eigenvalue weighted by atomic mass is 16.4. The molecule has 4 nitrogen and oxygen atoms in total. The third-order valence-corrected chi connectivity index (χ3v) is 4.47. The van der Waals surface area contributed by atoms with E-state index in [1.807, 2.05) is 6.92 Å². The van der Waals surface area contributed by atoms with Crippen molar-refractivity contribution >= 4 is 11.9 Å². The minimum atomic E-state index is -0.961. The zero-order valence-electron chi connectivity index (χ0n) is 10.4. The van der Waals surface area contributed by atoms with E-state index in [9.17, 15) is 14.7 Å². The summed E-state index contributed by atoms with van der Waals surface area (Å²) in [5.74, 6) is -0.934. The molecule has 2 aliphatic rings. The Kier molecular flexibility index (Phi) is 3.15. The van der Waals surface area contributed by atoms with Gasteiger partial charge >= 0.3 is 5.97 Å². The number of carbonyl (C=O) groups excluding carboxylic acids is 1. The minimum Gasteiger partial charge on any atom is -0.480 e. The molecular formula is C13H21NO3. The number of carboxylic acids is 1. The van der Waals surface area contributed by atoms with E-state index < -0.39 is 11.5 Å². The number of carbonyl (C=O) groups is 2. The van der Waals surface area contributed by atoms with Crippen molar-refractivity contribution in [2.24, 2.45) is 5.41 Å². The van der Waals surface area contributed by atoms with Crippen LogP contribution in [0.15, 0.2) is 0 Å². The van der Waals surface area contributed by atoms with Crippen LogP contribution in [-0.2, 0) is 9.59 Å². The van der Waals surface area contributed by atoms with E-state index in [1.54, 1.807) is 0 Å². The third-order valence-electron chi connectivity index (χ3n) is 4.47. The normalized spacial score (nSPS) is 25.7. The molecule has 0 heterocycles. The molecule has 2 rings (SSSR count). The summed E-state index contributed by atoms with van der Waals surface area (Å²) in [5, 5.41) is 12.0. The zero-order valence-corrected chi connectivity index (χ0v) is 10.4. The van der Waals surface area contributed by atoms with Crippen LogP contribution < -0.4 is 5.32 Å². The van der Waals surface area contributed by atoms with Gasteiger partial charge in [-0.3, -0.25) is 4.79 Å². The van der Waals surface area contributed by atoms with Crippen molar-refractivity contribution < 1.29 is 14.7 Å². The van der Waals surface area contributed by atoms with Crippen LogP contribution >= 0.6 is 0 Å². The maximum absolute atomic E-state index is 12.3. The van der Waals surface area contributed by atoms with Crippen molar-refractivity contribution in [3.05, 3.63) is 0 Å². The predicted octanol–water partition coefficient (Wildman–Crippen LogP) is 2.08. The molecule has 4 heteroatoms. The molecule has 17 heavy (non-hydrogen) atoms. The molecule has 0 unspecified atom stereocenters. The van der Waals surface area contributed by atoms with Crippen LogP contribution in [0.2, 0.25) is 0 Å². The quantitative estimate of drug-likeness (QED) is 0.792. The third kappa shape index (κ3) is 2.17. The predicted molar refractivity (Wildman–Crippen MR) is 63.6 cm³/mol. The van der Waals surface area contributed by atoms with Gasteiger partial charge in [0.1, 0.15) is 5.54 Å². The molecule has 96 valence electrons. The standard InChI is InChI=1S/C13H21NO3/c1-12(6-3-2-4-7-12)10(15)14-13(11(16)17)8-5-9-13/h2-9H2,1H3,(H,14,15)(H,16,17). The molecule has 0 spiro atoms. The molecule has 0 aromatic carbocycles. The fourth-order valence-corrected chi connectivity index (χ4v) is 2.85. The molecule has 0 saturated heterocycles. The van der Waals surface area contributed by atoms with Crippen molar-refractivity contribution in [2.75, 3.05) is 0 Å². The van der Waals surface area contributed by atoms with Gasteiger partial charge in [0.15, 0.2) is 0 Å². The molecule has 2 saturated carbocycles. The van der Waals surface area contributed by atoms with Gasteiger partial charge in [-0.05, 0) is 32.1 Å². The van der Waals surface area contributed by atoms with Gasteiger partial charge < -0.3 is 10.4 Å². The van der Waals surface area contributed by atoms with E-state index in [0.717, 1.165) is 32.1 Å². The number of carboxylic acid groups (broad SMARTS) is 1. The molecule has 2 N–H and O–H groups in total. The summed E-state index contributed by atoms with van der Waals surface area (Å²) in [5.41, 5.74) is -1.31. The van der Waals surface area contributed by atoms with Gasteiger partial charge in [-0.2, -0.15) is 0 Å². The number of hydrogen-bond acceptors (Lipinski definition) is 2. The Bertz CT molecular complexity index is 328.